The van der Waals surface area contributed by atoms with Crippen LogP contribution in [0.1, 0.15) is 45.1 Å². The van der Waals surface area contributed by atoms with Crippen molar-refractivity contribution in [2.45, 2.75) is 40.2 Å². The van der Waals surface area contributed by atoms with Gasteiger partial charge in [0.05, 0.1) is 11.5 Å². The molecule has 2 heterocycles. The molecule has 6 heteroatoms. The molecule has 0 aliphatic carbocycles. The van der Waals surface area contributed by atoms with E-state index >= 15 is 0 Å². The fourth-order valence-corrected chi connectivity index (χ4v) is 2.34. The molecule has 1 N–H and O–H groups in total. The number of H-pyrrole nitrogens is 1. The number of nitrogens with one attached hydrogen (secondary N) is 1. The summed E-state index contributed by atoms with van der Waals surface area (Å²) in [5.41, 5.74) is 1.18. The molecule has 27 heavy (non-hydrogen) atoms. The molecule has 0 atom stereocenters. The zero-order valence-corrected chi connectivity index (χ0v) is 16.1. The average Bonchev–Trinajstić information content (AvgIpc) is 3.08. The fraction of sp³-hybridized carbons (Fsp3) is 0.286. The maximum atomic E-state index is 12.4. The quantitative estimate of drug-likeness (QED) is 0.529. The summed E-state index contributed by atoms with van der Waals surface area (Å²) in [5, 5.41) is 3.00. The second-order valence-corrected chi connectivity index (χ2v) is 5.86. The molecule has 6 nitrogen and oxygen atoms in total. The van der Waals surface area contributed by atoms with Gasteiger partial charge in [-0.3, -0.25) is 9.89 Å². The molecule has 0 radical (unpaired) electrons. The Kier molecular flexibility index (Phi) is 7.55. The fourth-order valence-electron chi connectivity index (χ4n) is 2.34. The topological polar surface area (TPSA) is 72.3 Å². The second kappa shape index (κ2) is 10.1. The maximum Gasteiger partial charge on any atom is 0.274 e. The first-order valence-electron chi connectivity index (χ1n) is 9.03. The summed E-state index contributed by atoms with van der Waals surface area (Å²) >= 11 is 0. The van der Waals surface area contributed by atoms with Gasteiger partial charge in [0.15, 0.2) is 5.82 Å². The van der Waals surface area contributed by atoms with Crippen LogP contribution in [0.3, 0.4) is 0 Å². The summed E-state index contributed by atoms with van der Waals surface area (Å²) < 4.78 is 6.98. The van der Waals surface area contributed by atoms with Gasteiger partial charge in [0, 0.05) is 11.6 Å². The summed E-state index contributed by atoms with van der Waals surface area (Å²) in [4.78, 5) is 21.3. The molecule has 0 spiro atoms. The van der Waals surface area contributed by atoms with Gasteiger partial charge in [0.2, 0.25) is 0 Å². The summed E-state index contributed by atoms with van der Waals surface area (Å²) in [7, 11) is 0. The molecule has 2 aromatic rings. The van der Waals surface area contributed by atoms with Crippen molar-refractivity contribution in [3.05, 3.63) is 82.8 Å². The molecule has 0 aromatic carbocycles. The Balaban J connectivity index is 2.28. The molecular formula is C21H26N4O2. The Hall–Kier alpha value is -3.15. The van der Waals surface area contributed by atoms with Crippen LogP contribution >= 0.6 is 0 Å². The van der Waals surface area contributed by atoms with Crippen LogP contribution in [0.4, 0.5) is 0 Å². The molecule has 0 aliphatic rings. The Bertz CT molecular complexity index is 958. The lowest BCUT2D eigenvalue weighted by Gasteiger charge is -2.04. The summed E-state index contributed by atoms with van der Waals surface area (Å²) in [6.45, 7) is 9.86. The third-order valence-electron chi connectivity index (χ3n) is 3.64. The van der Waals surface area contributed by atoms with Crippen molar-refractivity contribution in [3.8, 4) is 0 Å². The number of fused-ring (bicyclic) bond motifs is 1. The molecule has 2 aromatic heterocycles. The van der Waals surface area contributed by atoms with Crippen molar-refractivity contribution in [1.29, 1.82) is 0 Å². The van der Waals surface area contributed by atoms with Gasteiger partial charge >= 0.3 is 0 Å². The lowest BCUT2D eigenvalue weighted by Crippen LogP contribution is -2.16. The molecule has 0 aliphatic heterocycles. The van der Waals surface area contributed by atoms with Gasteiger partial charge in [-0.1, -0.05) is 56.9 Å². The van der Waals surface area contributed by atoms with Gasteiger partial charge in [0.25, 0.3) is 11.3 Å². The van der Waals surface area contributed by atoms with E-state index in [9.17, 15) is 4.79 Å². The van der Waals surface area contributed by atoms with Crippen molar-refractivity contribution >= 4 is 11.4 Å². The molecule has 0 saturated heterocycles. The SMILES string of the molecule is C=C/C=C\C(=C/CC)c1nc2nc(CO/C(C)=C/C=C\CC)cc(=O)n2[nH]1. The van der Waals surface area contributed by atoms with Gasteiger partial charge in [-0.2, -0.15) is 9.50 Å². The van der Waals surface area contributed by atoms with Crippen LogP contribution in [-0.4, -0.2) is 19.6 Å². The van der Waals surface area contributed by atoms with Crippen LogP contribution in [0.5, 0.6) is 0 Å². The lowest BCUT2D eigenvalue weighted by atomic mass is 10.2. The van der Waals surface area contributed by atoms with E-state index in [0.717, 1.165) is 24.2 Å². The maximum absolute atomic E-state index is 12.4. The third kappa shape index (κ3) is 5.67. The Labute approximate surface area is 159 Å². The molecule has 0 bridgehead atoms. The van der Waals surface area contributed by atoms with Crippen molar-refractivity contribution in [3.63, 3.8) is 0 Å². The van der Waals surface area contributed by atoms with Crippen LogP contribution in [0.25, 0.3) is 11.4 Å². The molecule has 0 amide bonds. The highest BCUT2D eigenvalue weighted by Gasteiger charge is 2.10. The molecule has 0 unspecified atom stereocenters. The second-order valence-electron chi connectivity index (χ2n) is 5.86. The van der Waals surface area contributed by atoms with Gasteiger partial charge in [0.1, 0.15) is 6.61 Å². The summed E-state index contributed by atoms with van der Waals surface area (Å²) in [6, 6.07) is 1.45. The van der Waals surface area contributed by atoms with Gasteiger partial charge < -0.3 is 4.74 Å². The minimum Gasteiger partial charge on any atom is -0.492 e. The predicted octanol–water partition coefficient (Wildman–Crippen LogP) is 4.34. The van der Waals surface area contributed by atoms with Crippen molar-refractivity contribution in [2.24, 2.45) is 0 Å². The largest absolute Gasteiger partial charge is 0.492 e. The van der Waals surface area contributed by atoms with Gasteiger partial charge in [-0.25, -0.2) is 4.98 Å². The van der Waals surface area contributed by atoms with Crippen LogP contribution < -0.4 is 5.56 Å². The number of rotatable bonds is 9. The molecule has 142 valence electrons. The van der Waals surface area contributed by atoms with E-state index in [1.165, 1.54) is 10.6 Å². The minimum atomic E-state index is -0.228. The first-order valence-corrected chi connectivity index (χ1v) is 9.03. The van der Waals surface area contributed by atoms with Gasteiger partial charge in [-0.15, -0.1) is 0 Å². The van der Waals surface area contributed by atoms with Crippen LogP contribution in [0.15, 0.2) is 65.7 Å². The Morgan fingerprint density at radius 2 is 2.11 bits per heavy atom. The number of aromatic amines is 1. The van der Waals surface area contributed by atoms with Crippen molar-refractivity contribution in [2.75, 3.05) is 0 Å². The van der Waals surface area contributed by atoms with E-state index in [-0.39, 0.29) is 12.2 Å². The monoisotopic (exact) mass is 366 g/mol. The summed E-state index contributed by atoms with van der Waals surface area (Å²) in [6.07, 6.45) is 15.1. The summed E-state index contributed by atoms with van der Waals surface area (Å²) in [5.74, 6) is 1.66. The average molecular weight is 366 g/mol. The zero-order valence-electron chi connectivity index (χ0n) is 16.1. The standard InChI is InChI=1S/C21H26N4O2/c1-5-8-10-12-16(4)27-15-18-14-19(26)25-21(22-18)23-20(24-25)17(11-7-3)13-9-6-2/h6,8-14H,2,5,7,15H2,1,3-4H3,(H,22,23,24)/b10-8-,13-9-,16-12+,17-11+. The molecular weight excluding hydrogens is 340 g/mol. The van der Waals surface area contributed by atoms with Crippen LogP contribution in [0.2, 0.25) is 0 Å². The Morgan fingerprint density at radius 3 is 2.81 bits per heavy atom. The number of allylic oxidation sites excluding steroid dienone is 9. The zero-order chi connectivity index (χ0) is 19.6. The van der Waals surface area contributed by atoms with E-state index in [1.54, 1.807) is 6.08 Å². The van der Waals surface area contributed by atoms with E-state index in [1.807, 2.05) is 50.3 Å². The molecule has 0 fully saturated rings. The van der Waals surface area contributed by atoms with E-state index < -0.39 is 0 Å². The number of nitrogens with zero attached hydrogens (tertiary/aromatic N) is 3. The highest BCUT2D eigenvalue weighted by atomic mass is 16.5. The first-order chi connectivity index (χ1) is 13.1. The number of aromatic nitrogens is 4. The van der Waals surface area contributed by atoms with Crippen LogP contribution in [0, 0.1) is 0 Å². The molecule has 2 rings (SSSR count). The minimum absolute atomic E-state index is 0.213. The van der Waals surface area contributed by atoms with E-state index in [0.29, 0.717) is 17.3 Å². The lowest BCUT2D eigenvalue weighted by molar-refractivity contribution is 0.197. The number of hydrogen-bond donors (Lipinski definition) is 1. The first kappa shape index (κ1) is 20.2. The van der Waals surface area contributed by atoms with Crippen molar-refractivity contribution < 1.29 is 4.74 Å². The number of hydrogen-bond acceptors (Lipinski definition) is 4. The van der Waals surface area contributed by atoms with Crippen LogP contribution in [-0.2, 0) is 11.3 Å². The van der Waals surface area contributed by atoms with Gasteiger partial charge in [-0.05, 0) is 25.8 Å². The highest BCUT2D eigenvalue weighted by Crippen LogP contribution is 2.13. The smallest absolute Gasteiger partial charge is 0.274 e. The van der Waals surface area contributed by atoms with Crippen molar-refractivity contribution in [1.82, 2.24) is 19.6 Å². The highest BCUT2D eigenvalue weighted by molar-refractivity contribution is 5.70. The predicted molar refractivity (Wildman–Crippen MR) is 109 cm³/mol. The van der Waals surface area contributed by atoms with E-state index in [2.05, 4.69) is 28.6 Å². The van der Waals surface area contributed by atoms with E-state index in [4.69, 9.17) is 4.74 Å². The molecule has 0 saturated carbocycles. The number of ether oxygens (including phenoxy) is 1. The third-order valence-corrected chi connectivity index (χ3v) is 3.64. The Morgan fingerprint density at radius 1 is 1.30 bits per heavy atom. The normalized spacial score (nSPS) is 13.1.